The van der Waals surface area contributed by atoms with Gasteiger partial charge < -0.3 is 0 Å². The summed E-state index contributed by atoms with van der Waals surface area (Å²) in [5, 5.41) is 0. The van der Waals surface area contributed by atoms with Crippen molar-refractivity contribution in [2.45, 2.75) is 42.3 Å². The highest BCUT2D eigenvalue weighted by Crippen LogP contribution is 2.58. The molecule has 0 bridgehead atoms. The van der Waals surface area contributed by atoms with Crippen LogP contribution in [0.4, 0.5) is 74.6 Å². The minimum absolute atomic E-state index is 4.90. The first-order valence-electron chi connectivity index (χ1n) is 5.34. The van der Waals surface area contributed by atoms with Crippen LogP contribution >= 0.6 is 0 Å². The molecule has 162 valence electrons. The first kappa shape index (κ1) is 25.4. The van der Waals surface area contributed by atoms with E-state index in [9.17, 15) is 79.4 Å². The van der Waals surface area contributed by atoms with Crippen molar-refractivity contribution in [1.29, 1.82) is 0 Å². The molecule has 0 aliphatic rings. The quantitative estimate of drug-likeness (QED) is 0.336. The molecular weight excluding hydrogens is 449 g/mol. The second-order valence-corrected chi connectivity index (χ2v) is 4.38. The number of nitrogens with zero attached hydrogens (tertiary/aromatic N) is 1. The van der Waals surface area contributed by atoms with Gasteiger partial charge in [-0.1, -0.05) is 0 Å². The summed E-state index contributed by atoms with van der Waals surface area (Å²) >= 11 is 0. The minimum Gasteiger partial charge on any atom is -0.257 e. The van der Waals surface area contributed by atoms with E-state index >= 15 is 0 Å². The fraction of sp³-hybridized carbons (Fsp3) is 0.875. The van der Waals surface area contributed by atoms with E-state index in [1.165, 1.54) is 0 Å². The Hall–Kier alpha value is -1.56. The van der Waals surface area contributed by atoms with E-state index in [1.54, 1.807) is 0 Å². The molecule has 0 N–H and O–H groups in total. The van der Waals surface area contributed by atoms with Crippen molar-refractivity contribution < 1.29 is 79.4 Å². The van der Waals surface area contributed by atoms with Crippen LogP contribution < -0.4 is 0 Å². The number of rotatable bonds is 5. The molecule has 19 heteroatoms. The molecule has 1 atom stereocenters. The Kier molecular flexibility index (Phi) is 5.87. The van der Waals surface area contributed by atoms with E-state index in [1.807, 2.05) is 0 Å². The molecule has 27 heavy (non-hydrogen) atoms. The van der Waals surface area contributed by atoms with Crippen LogP contribution in [0.25, 0.3) is 0 Å². The maximum absolute atomic E-state index is 13.3. The summed E-state index contributed by atoms with van der Waals surface area (Å²) in [6, 6.07) is -30.2. The molecule has 0 aromatic rings. The molecule has 0 saturated heterocycles. The first-order chi connectivity index (χ1) is 11.3. The summed E-state index contributed by atoms with van der Waals surface area (Å²) in [6.45, 7) is 0. The van der Waals surface area contributed by atoms with Crippen molar-refractivity contribution in [3.05, 3.63) is 0 Å². The van der Waals surface area contributed by atoms with Gasteiger partial charge in [-0.15, -0.1) is 4.90 Å². The lowest BCUT2D eigenvalue weighted by molar-refractivity contribution is -0.496. The van der Waals surface area contributed by atoms with Gasteiger partial charge in [-0.05, 0) is 0 Å². The second-order valence-electron chi connectivity index (χ2n) is 4.38. The third kappa shape index (κ3) is 3.60. The van der Waals surface area contributed by atoms with Crippen LogP contribution in [0.2, 0.25) is 0 Å². The van der Waals surface area contributed by atoms with Crippen LogP contribution in [0.1, 0.15) is 0 Å². The smallest absolute Gasteiger partial charge is 0.257 e. The molecule has 0 aliphatic heterocycles. The van der Waals surface area contributed by atoms with E-state index in [2.05, 4.69) is 0 Å². The molecular formula is C8F17NO. The fourth-order valence-electron chi connectivity index (χ4n) is 1.34. The van der Waals surface area contributed by atoms with Crippen LogP contribution in [0.3, 0.4) is 0 Å². The Morgan fingerprint density at radius 2 is 0.741 bits per heavy atom. The molecule has 0 fully saturated rings. The Bertz CT molecular complexity index is 543. The summed E-state index contributed by atoms with van der Waals surface area (Å²) in [5.41, 5.74) is -7.97. The number of hydrogen-bond acceptors (Lipinski definition) is 2. The third-order valence-corrected chi connectivity index (χ3v) is 2.60. The molecule has 0 aromatic heterocycles. The molecule has 0 aliphatic carbocycles. The van der Waals surface area contributed by atoms with Gasteiger partial charge in [0.05, 0.1) is 0 Å². The van der Waals surface area contributed by atoms with Gasteiger partial charge in [0.2, 0.25) is 0 Å². The Morgan fingerprint density at radius 3 is 0.889 bits per heavy atom. The van der Waals surface area contributed by atoms with Crippen LogP contribution in [0.5, 0.6) is 0 Å². The minimum atomic E-state index is -8.46. The number of alkyl halides is 16. The highest BCUT2D eigenvalue weighted by atomic mass is 19.4. The van der Waals surface area contributed by atoms with Crippen LogP contribution in [0, 0.1) is 0 Å². The number of carbonyl (C=O) groups excluding carboxylic acids is 1. The lowest BCUT2D eigenvalue weighted by Gasteiger charge is -2.45. The van der Waals surface area contributed by atoms with Crippen LogP contribution in [-0.2, 0) is 4.79 Å². The third-order valence-electron chi connectivity index (χ3n) is 2.60. The molecule has 2 nitrogen and oxygen atoms in total. The van der Waals surface area contributed by atoms with Gasteiger partial charge in [0.1, 0.15) is 0 Å². The predicted octanol–water partition coefficient (Wildman–Crippen LogP) is 4.96. The van der Waals surface area contributed by atoms with E-state index in [4.69, 9.17) is 0 Å². The first-order valence-corrected chi connectivity index (χ1v) is 5.34. The second kappa shape index (κ2) is 6.23. The highest BCUT2D eigenvalue weighted by molar-refractivity contribution is 5.81. The Morgan fingerprint density at radius 1 is 0.481 bits per heavy atom. The largest absolute Gasteiger partial charge is 0.469 e. The van der Waals surface area contributed by atoms with Crippen molar-refractivity contribution in [3.63, 3.8) is 0 Å². The maximum atomic E-state index is 13.3. The van der Waals surface area contributed by atoms with E-state index in [0.29, 0.717) is 0 Å². The van der Waals surface area contributed by atoms with Crippen molar-refractivity contribution >= 4 is 6.04 Å². The molecule has 1 unspecified atom stereocenters. The van der Waals surface area contributed by atoms with Crippen molar-refractivity contribution in [3.8, 4) is 0 Å². The van der Waals surface area contributed by atoms with Gasteiger partial charge in [0, 0.05) is 0 Å². The monoisotopic (exact) mass is 449 g/mol. The lowest BCUT2D eigenvalue weighted by Crippen LogP contribution is -2.77. The average Bonchev–Trinajstić information content (AvgIpc) is 2.31. The summed E-state index contributed by atoms with van der Waals surface area (Å²) in [7, 11) is 0. The van der Waals surface area contributed by atoms with Gasteiger partial charge in [-0.25, -0.2) is 4.39 Å². The van der Waals surface area contributed by atoms with Crippen molar-refractivity contribution in [1.82, 2.24) is 4.90 Å². The summed E-state index contributed by atoms with van der Waals surface area (Å²) in [4.78, 5) is 4.99. The predicted molar refractivity (Wildman–Crippen MR) is 44.8 cm³/mol. The van der Waals surface area contributed by atoms with Gasteiger partial charge in [0.25, 0.3) is 0 Å². The van der Waals surface area contributed by atoms with Crippen LogP contribution in [0.15, 0.2) is 0 Å². The molecule has 0 spiro atoms. The molecule has 0 rings (SSSR count). The number of halogens is 17. The molecule has 0 amide bonds. The van der Waals surface area contributed by atoms with Crippen LogP contribution in [-0.4, -0.2) is 53.3 Å². The van der Waals surface area contributed by atoms with Gasteiger partial charge in [0.15, 0.2) is 0 Å². The van der Waals surface area contributed by atoms with E-state index in [-0.39, 0.29) is 0 Å². The average molecular weight is 449 g/mol. The van der Waals surface area contributed by atoms with Gasteiger partial charge >= 0.3 is 48.4 Å². The Balaban J connectivity index is 7.23. The topological polar surface area (TPSA) is 20.3 Å². The zero-order valence-corrected chi connectivity index (χ0v) is 11.3. The summed E-state index contributed by atoms with van der Waals surface area (Å²) in [6.07, 6.45) is -23.7. The van der Waals surface area contributed by atoms with Crippen molar-refractivity contribution in [2.75, 3.05) is 0 Å². The standard InChI is InChI=1S/C8F17NO/c9-1(27)2(10,3(11,12)13)6(20,21)26(7(22,23)4(14,15)16)8(24,25)5(17,18)19. The highest BCUT2D eigenvalue weighted by Gasteiger charge is 2.89. The fourth-order valence-corrected chi connectivity index (χ4v) is 1.34. The summed E-state index contributed by atoms with van der Waals surface area (Å²) < 4.78 is 212. The lowest BCUT2D eigenvalue weighted by atomic mass is 10.0. The number of carbonyl (C=O) groups is 1. The normalized spacial score (nSPS) is 17.9. The molecule has 0 saturated carbocycles. The molecule has 0 radical (unpaired) electrons. The molecule has 0 heterocycles. The molecule has 0 aromatic carbocycles. The van der Waals surface area contributed by atoms with E-state index in [0.717, 1.165) is 0 Å². The summed E-state index contributed by atoms with van der Waals surface area (Å²) in [5.74, 6) is 0. The van der Waals surface area contributed by atoms with Gasteiger partial charge in [-0.2, -0.15) is 70.2 Å². The Labute approximate surface area is 134 Å². The van der Waals surface area contributed by atoms with Crippen molar-refractivity contribution in [2.24, 2.45) is 0 Å². The maximum Gasteiger partial charge on any atom is 0.469 e. The number of hydrogen-bond donors (Lipinski definition) is 0. The van der Waals surface area contributed by atoms with E-state index < -0.39 is 53.3 Å². The zero-order valence-electron chi connectivity index (χ0n) is 11.3. The zero-order chi connectivity index (χ0) is 22.7. The van der Waals surface area contributed by atoms with Gasteiger partial charge in [-0.3, -0.25) is 4.79 Å². The SMILES string of the molecule is O=C(F)C(F)(C(F)(F)F)C(F)(F)N(C(F)(F)C(F)(F)F)C(F)(F)C(F)(F)F.